The Morgan fingerprint density at radius 3 is 2.41 bits per heavy atom. The molecule has 1 atom stereocenters. The average molecular weight is 234 g/mol. The Bertz CT molecular complexity index is 410. The zero-order valence-electron chi connectivity index (χ0n) is 11.1. The lowest BCUT2D eigenvalue weighted by molar-refractivity contribution is 0.557. The molecule has 1 heterocycles. The number of nitrogens with two attached hydrogens (primary N) is 1. The van der Waals surface area contributed by atoms with E-state index in [4.69, 9.17) is 5.73 Å². The fraction of sp³-hybridized carbons (Fsp3) is 0.692. The standard InChI is InChI=1S/C13H22N4/c1-7(2)9(4)15-12-8(3)11(14)16-13(17-12)10-5-6-10/h7,9-10H,5-6H2,1-4H3,(H3,14,15,16,17). The van der Waals surface area contributed by atoms with Crippen molar-refractivity contribution < 1.29 is 0 Å². The van der Waals surface area contributed by atoms with Crippen LogP contribution in [0.25, 0.3) is 0 Å². The van der Waals surface area contributed by atoms with Gasteiger partial charge in [-0.1, -0.05) is 13.8 Å². The van der Waals surface area contributed by atoms with Crippen molar-refractivity contribution >= 4 is 11.6 Å². The molecule has 1 saturated carbocycles. The fourth-order valence-corrected chi connectivity index (χ4v) is 1.60. The minimum Gasteiger partial charge on any atom is -0.383 e. The third-order valence-electron chi connectivity index (χ3n) is 3.51. The highest BCUT2D eigenvalue weighted by molar-refractivity contribution is 5.55. The first kappa shape index (κ1) is 12.1. The third kappa shape index (κ3) is 2.68. The average Bonchev–Trinajstić information content (AvgIpc) is 3.07. The normalized spacial score (nSPS) is 17.2. The number of rotatable bonds is 4. The fourth-order valence-electron chi connectivity index (χ4n) is 1.60. The molecule has 0 radical (unpaired) electrons. The minimum atomic E-state index is 0.384. The van der Waals surface area contributed by atoms with E-state index < -0.39 is 0 Å². The molecule has 17 heavy (non-hydrogen) atoms. The quantitative estimate of drug-likeness (QED) is 0.840. The van der Waals surface area contributed by atoms with Crippen LogP contribution in [0.1, 0.15) is 50.9 Å². The smallest absolute Gasteiger partial charge is 0.136 e. The molecule has 1 aliphatic rings. The van der Waals surface area contributed by atoms with E-state index in [9.17, 15) is 0 Å². The highest BCUT2D eigenvalue weighted by Crippen LogP contribution is 2.39. The Labute approximate surface area is 103 Å². The minimum absolute atomic E-state index is 0.384. The van der Waals surface area contributed by atoms with Crippen molar-refractivity contribution in [1.82, 2.24) is 9.97 Å². The zero-order valence-corrected chi connectivity index (χ0v) is 11.1. The van der Waals surface area contributed by atoms with Gasteiger partial charge in [-0.15, -0.1) is 0 Å². The van der Waals surface area contributed by atoms with Crippen molar-refractivity contribution in [2.45, 2.75) is 52.5 Å². The van der Waals surface area contributed by atoms with Crippen LogP contribution in [-0.4, -0.2) is 16.0 Å². The molecule has 1 aromatic heterocycles. The number of hydrogen-bond donors (Lipinski definition) is 2. The maximum Gasteiger partial charge on any atom is 0.136 e. The molecular formula is C13H22N4. The molecule has 0 aromatic carbocycles. The van der Waals surface area contributed by atoms with Crippen LogP contribution in [0, 0.1) is 12.8 Å². The maximum absolute atomic E-state index is 5.95. The Kier molecular flexibility index (Phi) is 3.22. The lowest BCUT2D eigenvalue weighted by atomic mass is 10.1. The molecule has 0 aliphatic heterocycles. The van der Waals surface area contributed by atoms with Crippen molar-refractivity contribution in [2.75, 3.05) is 11.1 Å². The summed E-state index contributed by atoms with van der Waals surface area (Å²) < 4.78 is 0. The zero-order chi connectivity index (χ0) is 12.6. The maximum atomic E-state index is 5.95. The Morgan fingerprint density at radius 1 is 1.24 bits per heavy atom. The number of anilines is 2. The van der Waals surface area contributed by atoms with Gasteiger partial charge in [0.2, 0.25) is 0 Å². The molecule has 0 saturated heterocycles. The molecule has 1 aromatic rings. The van der Waals surface area contributed by atoms with Crippen molar-refractivity contribution in [3.63, 3.8) is 0 Å². The second kappa shape index (κ2) is 4.51. The summed E-state index contributed by atoms with van der Waals surface area (Å²) >= 11 is 0. The lowest BCUT2D eigenvalue weighted by Crippen LogP contribution is -2.23. The molecule has 4 nitrogen and oxygen atoms in total. The van der Waals surface area contributed by atoms with Gasteiger partial charge in [-0.3, -0.25) is 0 Å². The van der Waals surface area contributed by atoms with Gasteiger partial charge < -0.3 is 11.1 Å². The number of nitrogens with zero attached hydrogens (tertiary/aromatic N) is 2. The van der Waals surface area contributed by atoms with Crippen LogP contribution >= 0.6 is 0 Å². The van der Waals surface area contributed by atoms with Crippen molar-refractivity contribution in [3.8, 4) is 0 Å². The number of nitrogen functional groups attached to an aromatic ring is 1. The van der Waals surface area contributed by atoms with Crippen molar-refractivity contribution in [1.29, 1.82) is 0 Å². The Hall–Kier alpha value is -1.32. The summed E-state index contributed by atoms with van der Waals surface area (Å²) in [6, 6.07) is 0.384. The van der Waals surface area contributed by atoms with Gasteiger partial charge in [-0.2, -0.15) is 0 Å². The van der Waals surface area contributed by atoms with Crippen LogP contribution < -0.4 is 11.1 Å². The van der Waals surface area contributed by atoms with Gasteiger partial charge in [0.1, 0.15) is 17.5 Å². The van der Waals surface area contributed by atoms with E-state index >= 15 is 0 Å². The summed E-state index contributed by atoms with van der Waals surface area (Å²) in [7, 11) is 0. The van der Waals surface area contributed by atoms with E-state index in [-0.39, 0.29) is 0 Å². The molecule has 4 heteroatoms. The number of hydrogen-bond acceptors (Lipinski definition) is 4. The summed E-state index contributed by atoms with van der Waals surface area (Å²) in [6.45, 7) is 8.53. The van der Waals surface area contributed by atoms with Gasteiger partial charge in [-0.25, -0.2) is 9.97 Å². The SMILES string of the molecule is Cc1c(N)nc(C2CC2)nc1NC(C)C(C)C. The number of aromatic nitrogens is 2. The third-order valence-corrected chi connectivity index (χ3v) is 3.51. The van der Waals surface area contributed by atoms with Crippen molar-refractivity contribution in [2.24, 2.45) is 5.92 Å². The number of nitrogens with one attached hydrogen (secondary N) is 1. The van der Waals surface area contributed by atoms with Crippen LogP contribution in [0.3, 0.4) is 0 Å². The Balaban J connectivity index is 2.25. The van der Waals surface area contributed by atoms with Crippen LogP contribution in [0.2, 0.25) is 0 Å². The molecule has 0 amide bonds. The van der Waals surface area contributed by atoms with Crippen molar-refractivity contribution in [3.05, 3.63) is 11.4 Å². The van der Waals surface area contributed by atoms with Gasteiger partial charge in [0.15, 0.2) is 0 Å². The molecule has 0 spiro atoms. The first-order valence-corrected chi connectivity index (χ1v) is 6.39. The molecular weight excluding hydrogens is 212 g/mol. The van der Waals surface area contributed by atoms with E-state index in [1.807, 2.05) is 6.92 Å². The largest absolute Gasteiger partial charge is 0.383 e. The molecule has 94 valence electrons. The highest BCUT2D eigenvalue weighted by Gasteiger charge is 2.28. The molecule has 1 fully saturated rings. The van der Waals surface area contributed by atoms with Crippen LogP contribution in [-0.2, 0) is 0 Å². The molecule has 1 unspecified atom stereocenters. The lowest BCUT2D eigenvalue weighted by Gasteiger charge is -2.20. The van der Waals surface area contributed by atoms with E-state index in [0.717, 1.165) is 17.2 Å². The van der Waals surface area contributed by atoms with E-state index in [0.29, 0.717) is 23.7 Å². The van der Waals surface area contributed by atoms with E-state index in [1.165, 1.54) is 12.8 Å². The van der Waals surface area contributed by atoms with E-state index in [2.05, 4.69) is 36.1 Å². The highest BCUT2D eigenvalue weighted by atomic mass is 15.1. The second-order valence-electron chi connectivity index (χ2n) is 5.39. The first-order chi connectivity index (χ1) is 7.99. The van der Waals surface area contributed by atoms with E-state index in [1.54, 1.807) is 0 Å². The molecule has 0 bridgehead atoms. The van der Waals surface area contributed by atoms with Crippen LogP contribution in [0.5, 0.6) is 0 Å². The predicted octanol–water partition coefficient (Wildman–Crippen LogP) is 2.70. The first-order valence-electron chi connectivity index (χ1n) is 6.39. The predicted molar refractivity (Wildman–Crippen MR) is 71.1 cm³/mol. The monoisotopic (exact) mass is 234 g/mol. The van der Waals surface area contributed by atoms with Gasteiger partial charge in [0, 0.05) is 17.5 Å². The summed E-state index contributed by atoms with van der Waals surface area (Å²) in [5.41, 5.74) is 6.91. The van der Waals surface area contributed by atoms with Gasteiger partial charge in [0.05, 0.1) is 0 Å². The molecule has 2 rings (SSSR count). The van der Waals surface area contributed by atoms with Gasteiger partial charge >= 0.3 is 0 Å². The van der Waals surface area contributed by atoms with Gasteiger partial charge in [0.25, 0.3) is 0 Å². The van der Waals surface area contributed by atoms with Crippen LogP contribution in [0.4, 0.5) is 11.6 Å². The second-order valence-corrected chi connectivity index (χ2v) is 5.39. The topological polar surface area (TPSA) is 63.8 Å². The van der Waals surface area contributed by atoms with Crippen LogP contribution in [0.15, 0.2) is 0 Å². The van der Waals surface area contributed by atoms with Gasteiger partial charge in [-0.05, 0) is 32.6 Å². The Morgan fingerprint density at radius 2 is 1.88 bits per heavy atom. The molecule has 3 N–H and O–H groups in total. The summed E-state index contributed by atoms with van der Waals surface area (Å²) in [4.78, 5) is 8.99. The summed E-state index contributed by atoms with van der Waals surface area (Å²) in [6.07, 6.45) is 2.39. The summed E-state index contributed by atoms with van der Waals surface area (Å²) in [5, 5.41) is 3.44. The summed E-state index contributed by atoms with van der Waals surface area (Å²) in [5.74, 6) is 3.52. The molecule has 1 aliphatic carbocycles.